The summed E-state index contributed by atoms with van der Waals surface area (Å²) in [5.74, 6) is -1.08. The number of carbonyl (C=O) groups is 1. The van der Waals surface area contributed by atoms with Crippen molar-refractivity contribution in [3.8, 4) is 0 Å². The van der Waals surface area contributed by atoms with Gasteiger partial charge in [-0.1, -0.05) is 12.1 Å². The number of rotatable bonds is 5. The summed E-state index contributed by atoms with van der Waals surface area (Å²) in [4.78, 5) is 13.2. The third-order valence-electron chi connectivity index (χ3n) is 4.57. The van der Waals surface area contributed by atoms with E-state index in [-0.39, 0.29) is 5.92 Å². The molecule has 3 rings (SSSR count). The Kier molecular flexibility index (Phi) is 5.31. The maximum atomic E-state index is 12.6. The molecule has 8 heteroatoms. The maximum absolute atomic E-state index is 12.6. The van der Waals surface area contributed by atoms with Crippen LogP contribution in [-0.4, -0.2) is 38.8 Å². The third-order valence-corrected chi connectivity index (χ3v) is 4.57. The number of aromatic nitrogens is 2. The van der Waals surface area contributed by atoms with Gasteiger partial charge in [0.15, 0.2) is 0 Å². The second-order valence-corrected chi connectivity index (χ2v) is 6.65. The molecule has 26 heavy (non-hydrogen) atoms. The van der Waals surface area contributed by atoms with Crippen LogP contribution in [0.3, 0.4) is 0 Å². The lowest BCUT2D eigenvalue weighted by atomic mass is 9.98. The standard InChI is InChI=1S/C18H20F3N3O2/c19-18(20,21)16-5-3-13(4-6-16)10-24-11-14(8-22-24)9-23-7-1-2-15(12-23)17(25)26/h3-6,8,11,15H,1-2,7,9-10,12H2,(H,25,26). The van der Waals surface area contributed by atoms with E-state index in [0.717, 1.165) is 36.2 Å². The number of halogens is 3. The van der Waals surface area contributed by atoms with Crippen LogP contribution < -0.4 is 0 Å². The van der Waals surface area contributed by atoms with E-state index in [4.69, 9.17) is 5.11 Å². The van der Waals surface area contributed by atoms with Gasteiger partial charge in [-0.2, -0.15) is 18.3 Å². The van der Waals surface area contributed by atoms with Gasteiger partial charge in [0.2, 0.25) is 0 Å². The highest BCUT2D eigenvalue weighted by Gasteiger charge is 2.30. The molecule has 0 amide bonds. The SMILES string of the molecule is O=C(O)C1CCCN(Cc2cnn(Cc3ccc(C(F)(F)F)cc3)c2)C1. The molecule has 2 aromatic rings. The van der Waals surface area contributed by atoms with Crippen LogP contribution in [0.1, 0.15) is 29.5 Å². The molecule has 0 radical (unpaired) electrons. The normalized spacial score (nSPS) is 18.8. The molecule has 1 fully saturated rings. The van der Waals surface area contributed by atoms with Gasteiger partial charge < -0.3 is 5.11 Å². The molecule has 0 saturated carbocycles. The van der Waals surface area contributed by atoms with Crippen molar-refractivity contribution in [3.05, 3.63) is 53.3 Å². The van der Waals surface area contributed by atoms with Gasteiger partial charge in [0.05, 0.1) is 24.2 Å². The van der Waals surface area contributed by atoms with Crippen molar-refractivity contribution < 1.29 is 23.1 Å². The highest BCUT2D eigenvalue weighted by Crippen LogP contribution is 2.29. The summed E-state index contributed by atoms with van der Waals surface area (Å²) in [5.41, 5.74) is 1.03. The quantitative estimate of drug-likeness (QED) is 0.881. The van der Waals surface area contributed by atoms with Crippen molar-refractivity contribution in [1.29, 1.82) is 0 Å². The smallest absolute Gasteiger partial charge is 0.416 e. The molecule has 2 heterocycles. The van der Waals surface area contributed by atoms with E-state index >= 15 is 0 Å². The summed E-state index contributed by atoms with van der Waals surface area (Å²) in [6.45, 7) is 2.39. The number of nitrogens with zero attached hydrogens (tertiary/aromatic N) is 3. The minimum atomic E-state index is -4.33. The van der Waals surface area contributed by atoms with Gasteiger partial charge in [0.1, 0.15) is 0 Å². The molecule has 0 aliphatic carbocycles. The van der Waals surface area contributed by atoms with Gasteiger partial charge in [0.25, 0.3) is 0 Å². The summed E-state index contributed by atoms with van der Waals surface area (Å²) in [5, 5.41) is 13.4. The highest BCUT2D eigenvalue weighted by atomic mass is 19.4. The number of aliphatic carboxylic acids is 1. The van der Waals surface area contributed by atoms with Gasteiger partial charge >= 0.3 is 12.1 Å². The van der Waals surface area contributed by atoms with Gasteiger partial charge in [-0.05, 0) is 37.1 Å². The average molecular weight is 367 g/mol. The molecule has 1 N–H and O–H groups in total. The Bertz CT molecular complexity index is 756. The van der Waals surface area contributed by atoms with Crippen LogP contribution in [0.25, 0.3) is 0 Å². The molecular weight excluding hydrogens is 347 g/mol. The molecular formula is C18H20F3N3O2. The largest absolute Gasteiger partial charge is 0.481 e. The molecule has 1 aliphatic heterocycles. The van der Waals surface area contributed by atoms with Crippen molar-refractivity contribution in [3.63, 3.8) is 0 Å². The molecule has 1 aliphatic rings. The van der Waals surface area contributed by atoms with E-state index in [9.17, 15) is 18.0 Å². The topological polar surface area (TPSA) is 58.4 Å². The third kappa shape index (κ3) is 4.63. The van der Waals surface area contributed by atoms with Crippen LogP contribution in [0.2, 0.25) is 0 Å². The number of hydrogen-bond donors (Lipinski definition) is 1. The Hall–Kier alpha value is -2.35. The van der Waals surface area contributed by atoms with Gasteiger partial charge in [-0.25, -0.2) is 0 Å². The number of piperidine rings is 1. The summed E-state index contributed by atoms with van der Waals surface area (Å²) < 4.78 is 39.4. The van der Waals surface area contributed by atoms with E-state index < -0.39 is 17.7 Å². The molecule has 1 aromatic carbocycles. The lowest BCUT2D eigenvalue weighted by Gasteiger charge is -2.30. The molecule has 0 spiro atoms. The first kappa shape index (κ1) is 18.4. The monoisotopic (exact) mass is 367 g/mol. The van der Waals surface area contributed by atoms with Gasteiger partial charge in [0, 0.05) is 24.8 Å². The summed E-state index contributed by atoms with van der Waals surface area (Å²) in [7, 11) is 0. The van der Waals surface area contributed by atoms with E-state index in [1.54, 1.807) is 10.9 Å². The second kappa shape index (κ2) is 7.49. The molecule has 1 aromatic heterocycles. The van der Waals surface area contributed by atoms with Crippen molar-refractivity contribution in [2.24, 2.45) is 5.92 Å². The Labute approximate surface area is 149 Å². The molecule has 140 valence electrons. The summed E-state index contributed by atoms with van der Waals surface area (Å²) in [6.07, 6.45) is 0.797. The Morgan fingerprint density at radius 1 is 1.19 bits per heavy atom. The van der Waals surface area contributed by atoms with E-state index in [1.807, 2.05) is 6.20 Å². The number of likely N-dealkylation sites (tertiary alicyclic amines) is 1. The first-order valence-electron chi connectivity index (χ1n) is 8.44. The van der Waals surface area contributed by atoms with Crippen molar-refractivity contribution in [2.75, 3.05) is 13.1 Å². The predicted molar refractivity (Wildman–Crippen MR) is 88.4 cm³/mol. The van der Waals surface area contributed by atoms with E-state index in [2.05, 4.69) is 10.00 Å². The lowest BCUT2D eigenvalue weighted by molar-refractivity contribution is -0.143. The van der Waals surface area contributed by atoms with E-state index in [0.29, 0.717) is 26.1 Å². The van der Waals surface area contributed by atoms with Crippen LogP contribution in [0.4, 0.5) is 13.2 Å². The van der Waals surface area contributed by atoms with Crippen LogP contribution in [0, 0.1) is 5.92 Å². The predicted octanol–water partition coefficient (Wildman–Crippen LogP) is 3.25. The Balaban J connectivity index is 1.59. The van der Waals surface area contributed by atoms with E-state index in [1.165, 1.54) is 12.1 Å². The zero-order chi connectivity index (χ0) is 18.7. The second-order valence-electron chi connectivity index (χ2n) is 6.65. The summed E-state index contributed by atoms with van der Waals surface area (Å²) >= 11 is 0. The number of carboxylic acid groups (broad SMARTS) is 1. The number of carboxylic acids is 1. The first-order valence-corrected chi connectivity index (χ1v) is 8.44. The average Bonchev–Trinajstić information content (AvgIpc) is 3.01. The van der Waals surface area contributed by atoms with Crippen LogP contribution in [-0.2, 0) is 24.1 Å². The van der Waals surface area contributed by atoms with Gasteiger partial charge in [-0.3, -0.25) is 14.4 Å². The number of alkyl halides is 3. The Morgan fingerprint density at radius 2 is 1.92 bits per heavy atom. The Morgan fingerprint density at radius 3 is 2.58 bits per heavy atom. The zero-order valence-corrected chi connectivity index (χ0v) is 14.1. The zero-order valence-electron chi connectivity index (χ0n) is 14.1. The van der Waals surface area contributed by atoms with Crippen LogP contribution in [0.15, 0.2) is 36.7 Å². The first-order chi connectivity index (χ1) is 12.3. The van der Waals surface area contributed by atoms with Crippen LogP contribution >= 0.6 is 0 Å². The van der Waals surface area contributed by atoms with Crippen molar-refractivity contribution in [1.82, 2.24) is 14.7 Å². The number of hydrogen-bond acceptors (Lipinski definition) is 3. The van der Waals surface area contributed by atoms with Crippen LogP contribution in [0.5, 0.6) is 0 Å². The molecule has 5 nitrogen and oxygen atoms in total. The fraction of sp³-hybridized carbons (Fsp3) is 0.444. The minimum absolute atomic E-state index is 0.328. The number of benzene rings is 1. The molecule has 0 bridgehead atoms. The molecule has 1 unspecified atom stereocenters. The summed E-state index contributed by atoms with van der Waals surface area (Å²) in [6, 6.07) is 5.04. The van der Waals surface area contributed by atoms with Crippen molar-refractivity contribution in [2.45, 2.75) is 32.1 Å². The van der Waals surface area contributed by atoms with Gasteiger partial charge in [-0.15, -0.1) is 0 Å². The lowest BCUT2D eigenvalue weighted by Crippen LogP contribution is -2.38. The van der Waals surface area contributed by atoms with Crippen molar-refractivity contribution >= 4 is 5.97 Å². The highest BCUT2D eigenvalue weighted by molar-refractivity contribution is 5.70. The maximum Gasteiger partial charge on any atom is 0.416 e. The minimum Gasteiger partial charge on any atom is -0.481 e. The fourth-order valence-corrected chi connectivity index (χ4v) is 3.22. The molecule has 1 saturated heterocycles. The fourth-order valence-electron chi connectivity index (χ4n) is 3.22. The molecule has 1 atom stereocenters.